The lowest BCUT2D eigenvalue weighted by Gasteiger charge is -2.48. The van der Waals surface area contributed by atoms with Crippen LogP contribution in [0.1, 0.15) is 45.5 Å². The van der Waals surface area contributed by atoms with E-state index in [2.05, 4.69) is 10.2 Å². The van der Waals surface area contributed by atoms with E-state index in [1.807, 2.05) is 51.1 Å². The third-order valence-corrected chi connectivity index (χ3v) is 11.8. The lowest BCUT2D eigenvalue weighted by atomic mass is 9.97. The molecule has 3 heterocycles. The van der Waals surface area contributed by atoms with Crippen LogP contribution in [0.2, 0.25) is 6.04 Å². The Labute approximate surface area is 304 Å². The van der Waals surface area contributed by atoms with Gasteiger partial charge in [0.1, 0.15) is 24.4 Å². The average molecular weight is 745 g/mol. The maximum absolute atomic E-state index is 12.3. The molecule has 1 N–H and O–H groups in total. The molecule has 1 amide bonds. The minimum absolute atomic E-state index is 0.299. The van der Waals surface area contributed by atoms with Crippen LogP contribution in [0.15, 0.2) is 30.3 Å². The first kappa shape index (κ1) is 42.0. The quantitative estimate of drug-likeness (QED) is 0.196. The van der Waals surface area contributed by atoms with E-state index in [1.165, 1.54) is 0 Å². The summed E-state index contributed by atoms with van der Waals surface area (Å²) in [5.41, 5.74) is 0.924. The van der Waals surface area contributed by atoms with Gasteiger partial charge in [0, 0.05) is 64.7 Å². The Hall–Kier alpha value is -1.77. The smallest absolute Gasteiger partial charge is 0.450 e. The van der Waals surface area contributed by atoms with Crippen molar-refractivity contribution in [3.05, 3.63) is 35.9 Å². The molecular formula is C35H60N2O13Si. The molecule has 0 bridgehead atoms. The predicted octanol–water partition coefficient (Wildman–Crippen LogP) is 3.15. The van der Waals surface area contributed by atoms with Crippen molar-refractivity contribution in [3.8, 4) is 0 Å². The first-order chi connectivity index (χ1) is 25.0. The summed E-state index contributed by atoms with van der Waals surface area (Å²) < 4.78 is 72.0. The van der Waals surface area contributed by atoms with Crippen molar-refractivity contribution >= 4 is 14.9 Å². The number of benzene rings is 1. The second-order valence-electron chi connectivity index (χ2n) is 12.2. The van der Waals surface area contributed by atoms with Crippen LogP contribution >= 0.6 is 0 Å². The zero-order valence-corrected chi connectivity index (χ0v) is 31.8. The zero-order chi connectivity index (χ0) is 36.2. The van der Waals surface area contributed by atoms with Crippen molar-refractivity contribution in [1.29, 1.82) is 0 Å². The largest absolute Gasteiger partial charge is 0.500 e. The van der Waals surface area contributed by atoms with Crippen LogP contribution in [-0.2, 0) is 55.9 Å². The molecule has 1 aromatic rings. The fraction of sp³-hybridized carbons (Fsp3) is 0.800. The molecule has 3 aliphatic rings. The first-order valence-corrected chi connectivity index (χ1v) is 20.4. The summed E-state index contributed by atoms with van der Waals surface area (Å²) in [5, 5.41) is 2.82. The molecule has 0 spiro atoms. The van der Waals surface area contributed by atoms with Crippen LogP contribution in [-0.4, -0.2) is 156 Å². The summed E-state index contributed by atoms with van der Waals surface area (Å²) in [6.07, 6.45) is -2.11. The van der Waals surface area contributed by atoms with Gasteiger partial charge in [0.25, 0.3) is 0 Å². The van der Waals surface area contributed by atoms with Crippen LogP contribution in [0.3, 0.4) is 0 Å². The molecule has 0 aromatic heterocycles. The maximum atomic E-state index is 12.3. The molecule has 4 rings (SSSR count). The molecular weight excluding hydrogens is 684 g/mol. The lowest BCUT2D eigenvalue weighted by Crippen LogP contribution is -2.63. The molecule has 3 aliphatic heterocycles. The van der Waals surface area contributed by atoms with Gasteiger partial charge in [0.05, 0.1) is 52.9 Å². The standard InChI is InChI=1S/C35H60N2O13Si/c1-5-46-51(47-6-2,48-7-3)26-11-15-36-35(38)44-19-12-16-37-17-20-40-22-24-42-31-30-29(27-45-33(50-30)28-13-9-8-10-14-28)49-34(39-4)32(31)43-25-23-41-21-18-37/h8-10,13-14,29-34H,5-7,11-12,15-27H2,1-4H3,(H,36,38)/t29-,30-,31+,32-,33-,34+/m1/s1. The molecule has 292 valence electrons. The van der Waals surface area contributed by atoms with Crippen LogP contribution in [0.4, 0.5) is 4.79 Å². The van der Waals surface area contributed by atoms with Gasteiger partial charge in [-0.2, -0.15) is 0 Å². The van der Waals surface area contributed by atoms with E-state index in [9.17, 15) is 4.79 Å². The Morgan fingerprint density at radius 2 is 1.49 bits per heavy atom. The molecule has 1 aromatic carbocycles. The van der Waals surface area contributed by atoms with E-state index in [1.54, 1.807) is 7.11 Å². The monoisotopic (exact) mass is 744 g/mol. The molecule has 16 heteroatoms. The fourth-order valence-corrected chi connectivity index (χ4v) is 8.91. The van der Waals surface area contributed by atoms with Crippen molar-refractivity contribution in [3.63, 3.8) is 0 Å². The highest BCUT2D eigenvalue weighted by atomic mass is 28.4. The van der Waals surface area contributed by atoms with Gasteiger partial charge < -0.3 is 61.2 Å². The molecule has 0 saturated carbocycles. The summed E-state index contributed by atoms with van der Waals surface area (Å²) in [6, 6.07) is 10.4. The van der Waals surface area contributed by atoms with E-state index >= 15 is 0 Å². The van der Waals surface area contributed by atoms with Crippen molar-refractivity contribution in [2.24, 2.45) is 0 Å². The summed E-state index contributed by atoms with van der Waals surface area (Å²) in [7, 11) is -1.14. The van der Waals surface area contributed by atoms with Crippen LogP contribution < -0.4 is 5.32 Å². The van der Waals surface area contributed by atoms with E-state index in [4.69, 9.17) is 55.9 Å². The number of methoxy groups -OCH3 is 1. The second-order valence-corrected chi connectivity index (χ2v) is 14.9. The number of alkyl carbamates (subject to hydrolysis) is 1. The Morgan fingerprint density at radius 1 is 0.824 bits per heavy atom. The highest BCUT2D eigenvalue weighted by Crippen LogP contribution is 2.36. The third-order valence-electron chi connectivity index (χ3n) is 8.64. The van der Waals surface area contributed by atoms with Gasteiger partial charge in [-0.25, -0.2) is 4.79 Å². The molecule has 3 fully saturated rings. The maximum Gasteiger partial charge on any atom is 0.500 e. The number of fused-ring (bicyclic) bond motifs is 3. The van der Waals surface area contributed by atoms with Crippen LogP contribution in [0, 0.1) is 0 Å². The summed E-state index contributed by atoms with van der Waals surface area (Å²) in [5.74, 6) is 0. The minimum atomic E-state index is -2.73. The Bertz CT molecular complexity index is 1060. The van der Waals surface area contributed by atoms with Gasteiger partial charge in [-0.1, -0.05) is 30.3 Å². The normalized spacial score (nSPS) is 27.4. The summed E-state index contributed by atoms with van der Waals surface area (Å²) in [4.78, 5) is 14.5. The van der Waals surface area contributed by atoms with Crippen LogP contribution in [0.25, 0.3) is 0 Å². The number of hydrogen-bond acceptors (Lipinski definition) is 14. The lowest BCUT2D eigenvalue weighted by molar-refractivity contribution is -0.368. The number of amides is 1. The van der Waals surface area contributed by atoms with Crippen LogP contribution in [0.5, 0.6) is 0 Å². The highest BCUT2D eigenvalue weighted by Gasteiger charge is 2.51. The molecule has 3 saturated heterocycles. The zero-order valence-electron chi connectivity index (χ0n) is 30.8. The van der Waals surface area contributed by atoms with Crippen molar-refractivity contribution < 1.29 is 60.7 Å². The molecule has 6 atom stereocenters. The van der Waals surface area contributed by atoms with Gasteiger partial charge in [0.2, 0.25) is 0 Å². The van der Waals surface area contributed by atoms with E-state index in [0.29, 0.717) is 111 Å². The molecule has 0 aliphatic carbocycles. The molecule has 0 radical (unpaired) electrons. The predicted molar refractivity (Wildman–Crippen MR) is 187 cm³/mol. The van der Waals surface area contributed by atoms with Gasteiger partial charge in [-0.15, -0.1) is 0 Å². The average Bonchev–Trinajstić information content (AvgIpc) is 3.15. The molecule has 51 heavy (non-hydrogen) atoms. The van der Waals surface area contributed by atoms with E-state index < -0.39 is 45.8 Å². The van der Waals surface area contributed by atoms with E-state index in [0.717, 1.165) is 12.1 Å². The fourth-order valence-electron chi connectivity index (χ4n) is 6.30. The summed E-state index contributed by atoms with van der Waals surface area (Å²) >= 11 is 0. The topological polar surface area (TPSA) is 143 Å². The van der Waals surface area contributed by atoms with Gasteiger partial charge in [-0.3, -0.25) is 4.90 Å². The van der Waals surface area contributed by atoms with Gasteiger partial charge >= 0.3 is 14.9 Å². The van der Waals surface area contributed by atoms with Crippen molar-refractivity contribution in [1.82, 2.24) is 10.2 Å². The SMILES string of the molecule is CCO[Si](CCCNC(=O)OCCCN1CCOCCO[C@@H]2[C@@H](OCCOCC1)[C@@H](OC)O[C@@H]1CO[C@@H](c3ccccc3)O[C@@H]21)(OCC)OCC. The van der Waals surface area contributed by atoms with Gasteiger partial charge in [-0.05, 0) is 33.6 Å². The highest BCUT2D eigenvalue weighted by molar-refractivity contribution is 6.60. The Kier molecular flexibility index (Phi) is 19.6. The number of rotatable bonds is 16. The number of carbonyl (C=O) groups is 1. The summed E-state index contributed by atoms with van der Waals surface area (Å²) in [6.45, 7) is 13.1. The number of hydrogen-bond donors (Lipinski definition) is 1. The Morgan fingerprint density at radius 3 is 2.14 bits per heavy atom. The van der Waals surface area contributed by atoms with E-state index in [-0.39, 0.29) is 6.10 Å². The number of nitrogens with zero attached hydrogens (tertiary/aromatic N) is 1. The number of carbonyl (C=O) groups excluding carboxylic acids is 1. The number of ether oxygens (including phenoxy) is 9. The Balaban J connectivity index is 1.19. The van der Waals surface area contributed by atoms with Gasteiger partial charge in [0.15, 0.2) is 12.6 Å². The minimum Gasteiger partial charge on any atom is -0.450 e. The second kappa shape index (κ2) is 23.8. The van der Waals surface area contributed by atoms with Crippen molar-refractivity contribution in [2.45, 2.75) is 76.7 Å². The molecule has 15 nitrogen and oxygen atoms in total. The van der Waals surface area contributed by atoms with Crippen molar-refractivity contribution in [2.75, 3.05) is 106 Å². The number of nitrogens with one attached hydrogen (secondary N) is 1. The first-order valence-electron chi connectivity index (χ1n) is 18.5. The molecule has 0 unspecified atom stereocenters. The third kappa shape index (κ3) is 13.9.